The molecule has 0 aliphatic rings. The summed E-state index contributed by atoms with van der Waals surface area (Å²) in [7, 11) is 0. The van der Waals surface area contributed by atoms with Gasteiger partial charge in [-0.25, -0.2) is 9.97 Å². The van der Waals surface area contributed by atoms with E-state index in [9.17, 15) is 0 Å². The smallest absolute Gasteiger partial charge is 0.134 e. The van der Waals surface area contributed by atoms with Crippen LogP contribution in [0.1, 0.15) is 42.0 Å². The van der Waals surface area contributed by atoms with Crippen LogP contribution in [0.4, 0.5) is 0 Å². The van der Waals surface area contributed by atoms with Gasteiger partial charge in [0.05, 0.1) is 21.1 Å². The maximum atomic E-state index is 4.88. The van der Waals surface area contributed by atoms with Crippen LogP contribution in [0, 0.1) is 41.5 Å². The summed E-state index contributed by atoms with van der Waals surface area (Å²) in [4.78, 5) is 17.8. The molecule has 0 saturated carbocycles. The lowest BCUT2D eigenvalue weighted by atomic mass is 10.2. The summed E-state index contributed by atoms with van der Waals surface area (Å²) < 4.78 is 0. The highest BCUT2D eigenvalue weighted by molar-refractivity contribution is 7.23. The Balaban J connectivity index is 1.65. The molecular formula is C21H22N2S4. The first-order valence-corrected chi connectivity index (χ1v) is 12.2. The molecule has 140 valence electrons. The van der Waals surface area contributed by atoms with E-state index in [0.717, 1.165) is 27.8 Å². The lowest BCUT2D eigenvalue weighted by molar-refractivity contribution is 1.13. The molecule has 4 aromatic heterocycles. The molecule has 4 aromatic rings. The Kier molecular flexibility index (Phi) is 5.10. The van der Waals surface area contributed by atoms with Crippen molar-refractivity contribution in [1.29, 1.82) is 0 Å². The van der Waals surface area contributed by atoms with Gasteiger partial charge in [0.25, 0.3) is 0 Å². The van der Waals surface area contributed by atoms with Crippen LogP contribution in [-0.2, 0) is 6.42 Å². The largest absolute Gasteiger partial charge is 0.240 e. The van der Waals surface area contributed by atoms with Gasteiger partial charge in [-0.1, -0.05) is 0 Å². The molecule has 0 aromatic carbocycles. The molecule has 0 aliphatic carbocycles. The SMILES string of the molecule is Cc1cc(C)c(-c2nc(C)c(Cc3sc(-c4sc(C)cc4C)nc3C)s2)s1. The van der Waals surface area contributed by atoms with E-state index in [2.05, 4.69) is 53.7 Å². The Labute approximate surface area is 176 Å². The molecule has 0 atom stereocenters. The molecule has 0 radical (unpaired) electrons. The van der Waals surface area contributed by atoms with Crippen molar-refractivity contribution in [2.24, 2.45) is 0 Å². The monoisotopic (exact) mass is 430 g/mol. The Morgan fingerprint density at radius 3 is 1.37 bits per heavy atom. The van der Waals surface area contributed by atoms with Crippen molar-refractivity contribution < 1.29 is 0 Å². The van der Waals surface area contributed by atoms with Gasteiger partial charge in [0.2, 0.25) is 0 Å². The van der Waals surface area contributed by atoms with Gasteiger partial charge in [-0.3, -0.25) is 0 Å². The summed E-state index contributed by atoms with van der Waals surface area (Å²) in [5, 5.41) is 2.32. The summed E-state index contributed by atoms with van der Waals surface area (Å²) in [5.41, 5.74) is 4.96. The van der Waals surface area contributed by atoms with Gasteiger partial charge in [0.1, 0.15) is 10.0 Å². The summed E-state index contributed by atoms with van der Waals surface area (Å²) in [5.74, 6) is 0. The van der Waals surface area contributed by atoms with Crippen molar-refractivity contribution in [3.05, 3.63) is 54.2 Å². The van der Waals surface area contributed by atoms with Crippen molar-refractivity contribution in [3.8, 4) is 19.8 Å². The highest BCUT2D eigenvalue weighted by Gasteiger charge is 2.18. The van der Waals surface area contributed by atoms with E-state index in [1.165, 1.54) is 40.4 Å². The highest BCUT2D eigenvalue weighted by atomic mass is 32.1. The van der Waals surface area contributed by atoms with Crippen molar-refractivity contribution >= 4 is 45.3 Å². The van der Waals surface area contributed by atoms with Gasteiger partial charge < -0.3 is 0 Å². The lowest BCUT2D eigenvalue weighted by Gasteiger charge is -1.96. The van der Waals surface area contributed by atoms with E-state index >= 15 is 0 Å². The molecule has 2 nitrogen and oxygen atoms in total. The number of rotatable bonds is 4. The van der Waals surface area contributed by atoms with Crippen molar-refractivity contribution in [3.63, 3.8) is 0 Å². The fraction of sp³-hybridized carbons (Fsp3) is 0.333. The number of hydrogen-bond donors (Lipinski definition) is 0. The Morgan fingerprint density at radius 2 is 1.04 bits per heavy atom. The summed E-state index contributed by atoms with van der Waals surface area (Å²) in [6.07, 6.45) is 0.930. The number of thiazole rings is 2. The predicted molar refractivity (Wildman–Crippen MR) is 122 cm³/mol. The van der Waals surface area contributed by atoms with Crippen LogP contribution < -0.4 is 0 Å². The second-order valence-electron chi connectivity index (χ2n) is 6.97. The van der Waals surface area contributed by atoms with Crippen LogP contribution >= 0.6 is 45.3 Å². The molecule has 27 heavy (non-hydrogen) atoms. The summed E-state index contributed by atoms with van der Waals surface area (Å²) in [6.45, 7) is 13.0. The van der Waals surface area contributed by atoms with E-state index in [1.807, 2.05) is 45.3 Å². The normalized spacial score (nSPS) is 11.5. The first kappa shape index (κ1) is 19.0. The van der Waals surface area contributed by atoms with Crippen molar-refractivity contribution in [1.82, 2.24) is 9.97 Å². The third kappa shape index (κ3) is 3.68. The third-order valence-electron chi connectivity index (χ3n) is 4.58. The molecule has 0 amide bonds. The van der Waals surface area contributed by atoms with Gasteiger partial charge in [-0.05, 0) is 64.8 Å². The third-order valence-corrected chi connectivity index (χ3v) is 9.50. The molecule has 4 rings (SSSR count). The van der Waals surface area contributed by atoms with E-state index in [0.29, 0.717) is 0 Å². The van der Waals surface area contributed by atoms with Crippen molar-refractivity contribution in [2.45, 2.75) is 48.0 Å². The molecule has 0 saturated heterocycles. The average molecular weight is 431 g/mol. The van der Waals surface area contributed by atoms with E-state index in [-0.39, 0.29) is 0 Å². The standard InChI is InChI=1S/C21H22N2S4/c1-10-7-12(3)24-18(10)20-22-14(5)16(26-20)9-17-15(6)23-21(27-17)19-11(2)8-13(4)25-19/h7-8H,9H2,1-6H3. The second kappa shape index (κ2) is 7.24. The van der Waals surface area contributed by atoms with Crippen LogP contribution in [0.25, 0.3) is 19.8 Å². The maximum Gasteiger partial charge on any atom is 0.134 e. The van der Waals surface area contributed by atoms with E-state index < -0.39 is 0 Å². The van der Waals surface area contributed by atoms with Crippen LogP contribution in [0.2, 0.25) is 0 Å². The molecule has 6 heteroatoms. The molecule has 0 spiro atoms. The average Bonchev–Trinajstić information content (AvgIpc) is 3.30. The summed E-state index contributed by atoms with van der Waals surface area (Å²) in [6, 6.07) is 4.50. The van der Waals surface area contributed by atoms with Crippen molar-refractivity contribution in [2.75, 3.05) is 0 Å². The number of thiophene rings is 2. The van der Waals surface area contributed by atoms with Gasteiger partial charge in [-0.15, -0.1) is 45.3 Å². The number of aryl methyl sites for hydroxylation is 6. The van der Waals surface area contributed by atoms with Gasteiger partial charge in [0, 0.05) is 25.9 Å². The minimum atomic E-state index is 0.930. The second-order valence-corrected chi connectivity index (χ2v) is 11.7. The van der Waals surface area contributed by atoms with Gasteiger partial charge in [-0.2, -0.15) is 0 Å². The van der Waals surface area contributed by atoms with Gasteiger partial charge in [0.15, 0.2) is 0 Å². The van der Waals surface area contributed by atoms with E-state index in [1.54, 1.807) is 0 Å². The zero-order valence-corrected chi connectivity index (χ0v) is 19.7. The fourth-order valence-corrected chi connectivity index (χ4v) is 7.80. The Hall–Kier alpha value is -1.34. The minimum Gasteiger partial charge on any atom is -0.240 e. The zero-order chi connectivity index (χ0) is 19.3. The molecule has 0 N–H and O–H groups in total. The molecule has 0 unspecified atom stereocenters. The van der Waals surface area contributed by atoms with Crippen LogP contribution in [-0.4, -0.2) is 9.97 Å². The molecular weight excluding hydrogens is 409 g/mol. The predicted octanol–water partition coefficient (Wildman–Crippen LogP) is 7.50. The molecule has 0 bridgehead atoms. The maximum absolute atomic E-state index is 4.88. The summed E-state index contributed by atoms with van der Waals surface area (Å²) >= 11 is 7.36. The number of aromatic nitrogens is 2. The quantitative estimate of drug-likeness (QED) is 0.335. The first-order chi connectivity index (χ1) is 12.8. The molecule has 0 fully saturated rings. The fourth-order valence-electron chi connectivity index (χ4n) is 3.23. The topological polar surface area (TPSA) is 25.8 Å². The van der Waals surface area contributed by atoms with Crippen LogP contribution in [0.15, 0.2) is 12.1 Å². The van der Waals surface area contributed by atoms with Crippen LogP contribution in [0.5, 0.6) is 0 Å². The zero-order valence-electron chi connectivity index (χ0n) is 16.4. The lowest BCUT2D eigenvalue weighted by Crippen LogP contribution is -1.87. The van der Waals surface area contributed by atoms with Crippen LogP contribution in [0.3, 0.4) is 0 Å². The van der Waals surface area contributed by atoms with Gasteiger partial charge >= 0.3 is 0 Å². The Morgan fingerprint density at radius 1 is 0.630 bits per heavy atom. The first-order valence-electron chi connectivity index (χ1n) is 8.89. The molecule has 4 heterocycles. The molecule has 0 aliphatic heterocycles. The Bertz CT molecular complexity index is 1040. The highest BCUT2D eigenvalue weighted by Crippen LogP contribution is 2.39. The van der Waals surface area contributed by atoms with E-state index in [4.69, 9.17) is 9.97 Å². The number of nitrogens with zero attached hydrogens (tertiary/aromatic N) is 2. The minimum absolute atomic E-state index is 0.930. The number of hydrogen-bond acceptors (Lipinski definition) is 6.